The first-order valence-corrected chi connectivity index (χ1v) is 8.00. The van der Waals surface area contributed by atoms with Crippen LogP contribution in [0.2, 0.25) is 0 Å². The molecule has 20 heavy (non-hydrogen) atoms. The Bertz CT molecular complexity index is 411. The van der Waals surface area contributed by atoms with Crippen LogP contribution in [0.5, 0.6) is 0 Å². The highest BCUT2D eigenvalue weighted by Gasteiger charge is 2.19. The Morgan fingerprint density at radius 2 is 1.80 bits per heavy atom. The predicted octanol–water partition coefficient (Wildman–Crippen LogP) is 4.27. The van der Waals surface area contributed by atoms with Gasteiger partial charge in [0, 0.05) is 19.1 Å². The summed E-state index contributed by atoms with van der Waals surface area (Å²) in [5, 5.41) is 3.40. The summed E-state index contributed by atoms with van der Waals surface area (Å²) in [7, 11) is 0. The van der Waals surface area contributed by atoms with Gasteiger partial charge in [-0.25, -0.2) is 4.39 Å². The molecule has 2 rings (SSSR count). The molecule has 0 amide bonds. The standard InChI is InChI=1S/C17H27FN2/c1-3-19-14(2)15-10-9-11-16(18)17(15)20-12-7-5-4-6-8-13-20/h9-11,14,19H,3-8,12-13H2,1-2H3. The Hall–Kier alpha value is -1.09. The third-order valence-corrected chi connectivity index (χ3v) is 4.17. The van der Waals surface area contributed by atoms with E-state index in [9.17, 15) is 4.39 Å². The van der Waals surface area contributed by atoms with Crippen LogP contribution in [0.4, 0.5) is 10.1 Å². The van der Waals surface area contributed by atoms with E-state index in [1.54, 1.807) is 6.07 Å². The molecule has 0 spiro atoms. The lowest BCUT2D eigenvalue weighted by molar-refractivity contribution is 0.535. The molecule has 3 heteroatoms. The molecule has 1 heterocycles. The van der Waals surface area contributed by atoms with E-state index in [1.807, 2.05) is 6.07 Å². The van der Waals surface area contributed by atoms with Crippen LogP contribution in [0.25, 0.3) is 0 Å². The van der Waals surface area contributed by atoms with Crippen molar-refractivity contribution in [3.05, 3.63) is 29.6 Å². The molecule has 1 unspecified atom stereocenters. The van der Waals surface area contributed by atoms with Gasteiger partial charge in [-0.2, -0.15) is 0 Å². The highest BCUT2D eigenvalue weighted by molar-refractivity contribution is 5.56. The van der Waals surface area contributed by atoms with Crippen molar-refractivity contribution < 1.29 is 4.39 Å². The zero-order valence-corrected chi connectivity index (χ0v) is 12.8. The minimum absolute atomic E-state index is 0.0761. The second-order valence-electron chi connectivity index (χ2n) is 5.71. The molecule has 0 bridgehead atoms. The Labute approximate surface area is 122 Å². The predicted molar refractivity (Wildman–Crippen MR) is 83.8 cm³/mol. The van der Waals surface area contributed by atoms with E-state index >= 15 is 0 Å². The number of benzene rings is 1. The maximum Gasteiger partial charge on any atom is 0.146 e. The monoisotopic (exact) mass is 278 g/mol. The SMILES string of the molecule is CCNC(C)c1cccc(F)c1N1CCCCCCC1. The van der Waals surface area contributed by atoms with Crippen molar-refractivity contribution in [2.45, 2.75) is 52.0 Å². The highest BCUT2D eigenvalue weighted by atomic mass is 19.1. The first kappa shape index (κ1) is 15.3. The summed E-state index contributed by atoms with van der Waals surface area (Å²) in [4.78, 5) is 2.26. The number of nitrogens with zero attached hydrogens (tertiary/aromatic N) is 1. The third-order valence-electron chi connectivity index (χ3n) is 4.17. The second-order valence-corrected chi connectivity index (χ2v) is 5.71. The molecule has 0 radical (unpaired) electrons. The van der Waals surface area contributed by atoms with E-state index in [0.29, 0.717) is 0 Å². The van der Waals surface area contributed by atoms with Gasteiger partial charge in [-0.05, 0) is 37.9 Å². The van der Waals surface area contributed by atoms with Gasteiger partial charge in [0.05, 0.1) is 5.69 Å². The second kappa shape index (κ2) is 7.63. The Kier molecular flexibility index (Phi) is 5.84. The molecule has 2 nitrogen and oxygen atoms in total. The summed E-state index contributed by atoms with van der Waals surface area (Å²) in [5.41, 5.74) is 1.91. The van der Waals surface area contributed by atoms with E-state index in [4.69, 9.17) is 0 Å². The Balaban J connectivity index is 2.27. The van der Waals surface area contributed by atoms with Crippen molar-refractivity contribution in [2.24, 2.45) is 0 Å². The summed E-state index contributed by atoms with van der Waals surface area (Å²) in [6.07, 6.45) is 6.20. The van der Waals surface area contributed by atoms with Crippen molar-refractivity contribution in [3.63, 3.8) is 0 Å². The molecule has 1 aliphatic heterocycles. The van der Waals surface area contributed by atoms with Gasteiger partial charge >= 0.3 is 0 Å². The van der Waals surface area contributed by atoms with Crippen molar-refractivity contribution in [3.8, 4) is 0 Å². The average Bonchev–Trinajstić information content (AvgIpc) is 2.39. The quantitative estimate of drug-likeness (QED) is 0.885. The van der Waals surface area contributed by atoms with Crippen molar-refractivity contribution in [1.82, 2.24) is 5.32 Å². The smallest absolute Gasteiger partial charge is 0.146 e. The van der Waals surface area contributed by atoms with Gasteiger partial charge in [-0.3, -0.25) is 0 Å². The van der Waals surface area contributed by atoms with E-state index in [0.717, 1.165) is 30.9 Å². The lowest BCUT2D eigenvalue weighted by Crippen LogP contribution is -2.30. The molecule has 1 aromatic carbocycles. The molecule has 1 atom stereocenters. The van der Waals surface area contributed by atoms with E-state index in [2.05, 4.69) is 30.1 Å². The molecule has 1 saturated heterocycles. The van der Waals surface area contributed by atoms with Crippen molar-refractivity contribution in [1.29, 1.82) is 0 Å². The first-order valence-electron chi connectivity index (χ1n) is 8.00. The summed E-state index contributed by atoms with van der Waals surface area (Å²) < 4.78 is 14.4. The fourth-order valence-electron chi connectivity index (χ4n) is 3.10. The summed E-state index contributed by atoms with van der Waals surface area (Å²) in [5.74, 6) is -0.0761. The normalized spacial score (nSPS) is 18.4. The summed E-state index contributed by atoms with van der Waals surface area (Å²) in [6, 6.07) is 5.67. The largest absolute Gasteiger partial charge is 0.369 e. The summed E-state index contributed by atoms with van der Waals surface area (Å²) in [6.45, 7) is 7.06. The number of halogens is 1. The van der Waals surface area contributed by atoms with Crippen molar-refractivity contribution >= 4 is 5.69 Å². The zero-order chi connectivity index (χ0) is 14.4. The topological polar surface area (TPSA) is 15.3 Å². The lowest BCUT2D eigenvalue weighted by atomic mass is 10.0. The first-order chi connectivity index (χ1) is 9.74. The third kappa shape index (κ3) is 3.72. The minimum Gasteiger partial charge on any atom is -0.369 e. The van der Waals surface area contributed by atoms with Crippen LogP contribution in [-0.2, 0) is 0 Å². The van der Waals surface area contributed by atoms with Gasteiger partial charge in [0.2, 0.25) is 0 Å². The van der Waals surface area contributed by atoms with Gasteiger partial charge in [0.15, 0.2) is 0 Å². The van der Waals surface area contributed by atoms with Crippen LogP contribution in [-0.4, -0.2) is 19.6 Å². The fourth-order valence-corrected chi connectivity index (χ4v) is 3.10. The van der Waals surface area contributed by atoms with E-state index in [-0.39, 0.29) is 11.9 Å². The fraction of sp³-hybridized carbons (Fsp3) is 0.647. The minimum atomic E-state index is -0.0761. The van der Waals surface area contributed by atoms with Gasteiger partial charge in [-0.15, -0.1) is 0 Å². The molecule has 0 aliphatic carbocycles. The molecule has 0 aromatic heterocycles. The lowest BCUT2D eigenvalue weighted by Gasteiger charge is -2.31. The molecule has 1 fully saturated rings. The Morgan fingerprint density at radius 1 is 1.15 bits per heavy atom. The number of anilines is 1. The number of nitrogens with one attached hydrogen (secondary N) is 1. The molecular weight excluding hydrogens is 251 g/mol. The molecule has 0 saturated carbocycles. The van der Waals surface area contributed by atoms with Crippen LogP contribution in [0.15, 0.2) is 18.2 Å². The number of hydrogen-bond donors (Lipinski definition) is 1. The van der Waals surface area contributed by atoms with Gasteiger partial charge in [-0.1, -0.05) is 38.3 Å². The highest BCUT2D eigenvalue weighted by Crippen LogP contribution is 2.30. The van der Waals surface area contributed by atoms with E-state index in [1.165, 1.54) is 32.1 Å². The van der Waals surface area contributed by atoms with Crippen LogP contribution in [0.1, 0.15) is 57.6 Å². The number of hydrogen-bond acceptors (Lipinski definition) is 2. The summed E-state index contributed by atoms with van der Waals surface area (Å²) >= 11 is 0. The van der Waals surface area contributed by atoms with Crippen molar-refractivity contribution in [2.75, 3.05) is 24.5 Å². The van der Waals surface area contributed by atoms with Crippen LogP contribution < -0.4 is 10.2 Å². The van der Waals surface area contributed by atoms with Gasteiger partial charge in [0.1, 0.15) is 5.82 Å². The zero-order valence-electron chi connectivity index (χ0n) is 12.8. The Morgan fingerprint density at radius 3 is 2.45 bits per heavy atom. The average molecular weight is 278 g/mol. The van der Waals surface area contributed by atoms with E-state index < -0.39 is 0 Å². The van der Waals surface area contributed by atoms with Gasteiger partial charge < -0.3 is 10.2 Å². The molecule has 1 aliphatic rings. The molecular formula is C17H27FN2. The maximum atomic E-state index is 14.4. The molecule has 112 valence electrons. The van der Waals surface area contributed by atoms with Gasteiger partial charge in [0.25, 0.3) is 0 Å². The molecule has 1 aromatic rings. The van der Waals surface area contributed by atoms with Crippen LogP contribution in [0.3, 0.4) is 0 Å². The number of para-hydroxylation sites is 1. The maximum absolute atomic E-state index is 14.4. The number of rotatable bonds is 4. The molecule has 1 N–H and O–H groups in total. The van der Waals surface area contributed by atoms with Crippen LogP contribution in [0, 0.1) is 5.82 Å². The van der Waals surface area contributed by atoms with Crippen LogP contribution >= 0.6 is 0 Å².